The van der Waals surface area contributed by atoms with Crippen molar-refractivity contribution in [1.29, 1.82) is 0 Å². The summed E-state index contributed by atoms with van der Waals surface area (Å²) in [5.74, 6) is -1.10. The number of aromatic nitrogens is 1. The van der Waals surface area contributed by atoms with E-state index in [0.717, 1.165) is 5.69 Å². The number of halogens is 2. The zero-order chi connectivity index (χ0) is 16.6. The van der Waals surface area contributed by atoms with Crippen LogP contribution in [0.2, 0.25) is 5.02 Å². The van der Waals surface area contributed by atoms with Gasteiger partial charge in [0.1, 0.15) is 0 Å². The largest absolute Gasteiger partial charge is 0.478 e. The fourth-order valence-corrected chi connectivity index (χ4v) is 3.41. The van der Waals surface area contributed by atoms with Gasteiger partial charge in [0.2, 0.25) is 0 Å². The second-order valence-electron chi connectivity index (χ2n) is 4.96. The lowest BCUT2D eigenvalue weighted by atomic mass is 9.97. The Kier molecular flexibility index (Phi) is 4.24. The standard InChI is InChI=1S/C17H11BrClNO3/c18-8-15-16(17(22)23)12-6-11(21)7-14(19)13(12)9-20(15)10-4-2-1-3-5-10/h1-7,9H,8H2,(H,22,23). The van der Waals surface area contributed by atoms with Gasteiger partial charge in [0.05, 0.1) is 10.6 Å². The molecule has 0 unspecified atom stereocenters. The first-order valence-corrected chi connectivity index (χ1v) is 8.25. The number of carboxylic acid groups (broad SMARTS) is 1. The molecule has 6 heteroatoms. The lowest BCUT2D eigenvalue weighted by Gasteiger charge is -2.21. The highest BCUT2D eigenvalue weighted by atomic mass is 79.9. The summed E-state index contributed by atoms with van der Waals surface area (Å²) in [5, 5.41) is 10.2. The van der Waals surface area contributed by atoms with Gasteiger partial charge in [-0.15, -0.1) is 0 Å². The third-order valence-electron chi connectivity index (χ3n) is 3.58. The zero-order valence-electron chi connectivity index (χ0n) is 11.8. The van der Waals surface area contributed by atoms with Gasteiger partial charge in [0.25, 0.3) is 0 Å². The molecule has 1 aromatic carbocycles. The van der Waals surface area contributed by atoms with Crippen molar-refractivity contribution in [3.05, 3.63) is 75.2 Å². The van der Waals surface area contributed by atoms with Crippen molar-refractivity contribution >= 4 is 33.5 Å². The number of hydrogen-bond acceptors (Lipinski definition) is 2. The molecule has 0 aromatic heterocycles. The third kappa shape index (κ3) is 2.78. The quantitative estimate of drug-likeness (QED) is 0.680. The number of para-hydroxylation sites is 1. The number of pyridine rings is 1. The van der Waals surface area contributed by atoms with Crippen LogP contribution in [-0.4, -0.2) is 15.6 Å². The summed E-state index contributed by atoms with van der Waals surface area (Å²) in [4.78, 5) is 23.6. The first kappa shape index (κ1) is 15.8. The first-order chi connectivity index (χ1) is 11.0. The van der Waals surface area contributed by atoms with Gasteiger partial charge < -0.3 is 9.67 Å². The highest BCUT2D eigenvalue weighted by molar-refractivity contribution is 9.08. The Balaban J connectivity index is 2.49. The molecule has 1 heterocycles. The lowest BCUT2D eigenvalue weighted by Crippen LogP contribution is -2.15. The van der Waals surface area contributed by atoms with Gasteiger partial charge in [-0.1, -0.05) is 45.7 Å². The van der Waals surface area contributed by atoms with E-state index in [-0.39, 0.29) is 16.0 Å². The minimum absolute atomic E-state index is 0.0721. The molecule has 23 heavy (non-hydrogen) atoms. The van der Waals surface area contributed by atoms with Gasteiger partial charge >= 0.3 is 5.97 Å². The van der Waals surface area contributed by atoms with E-state index in [0.29, 0.717) is 22.2 Å². The average molecular weight is 393 g/mol. The monoisotopic (exact) mass is 391 g/mol. The number of carbonyl (C=O) groups is 1. The van der Waals surface area contributed by atoms with Crippen LogP contribution in [0.5, 0.6) is 0 Å². The molecule has 4 nitrogen and oxygen atoms in total. The molecule has 2 aliphatic rings. The molecule has 0 atom stereocenters. The van der Waals surface area contributed by atoms with Crippen LogP contribution in [0.3, 0.4) is 0 Å². The number of fused-ring (bicyclic) bond motifs is 1. The van der Waals surface area contributed by atoms with E-state index >= 15 is 0 Å². The van der Waals surface area contributed by atoms with E-state index in [1.54, 1.807) is 10.8 Å². The van der Waals surface area contributed by atoms with Gasteiger partial charge in [-0.25, -0.2) is 4.79 Å². The molecular formula is C17H11BrClNO3. The molecule has 0 fully saturated rings. The molecule has 1 aromatic rings. The molecule has 0 radical (unpaired) electrons. The Hall–Kier alpha value is -2.11. The summed E-state index contributed by atoms with van der Waals surface area (Å²) < 4.78 is 1.77. The van der Waals surface area contributed by atoms with E-state index in [2.05, 4.69) is 15.9 Å². The molecule has 116 valence electrons. The van der Waals surface area contributed by atoms with Crippen LogP contribution in [0.25, 0.3) is 16.8 Å². The van der Waals surface area contributed by atoms with Gasteiger partial charge in [0, 0.05) is 40.1 Å². The van der Waals surface area contributed by atoms with Gasteiger partial charge in [-0.05, 0) is 18.2 Å². The number of hydrogen-bond donors (Lipinski definition) is 1. The molecule has 0 bridgehead atoms. The number of rotatable bonds is 3. The van der Waals surface area contributed by atoms with Crippen molar-refractivity contribution < 1.29 is 9.90 Å². The third-order valence-corrected chi connectivity index (χ3v) is 4.43. The van der Waals surface area contributed by atoms with Crippen molar-refractivity contribution in [3.63, 3.8) is 0 Å². The Bertz CT molecular complexity index is 921. The maximum absolute atomic E-state index is 11.8. The zero-order valence-corrected chi connectivity index (χ0v) is 14.1. The SMILES string of the molecule is O=C(O)c1c2cc(=O)cc(Cl)c-2cn(-c2ccccc2)c1CBr. The molecule has 1 aliphatic heterocycles. The number of aromatic carboxylic acids is 1. The maximum atomic E-state index is 11.8. The van der Waals surface area contributed by atoms with Crippen molar-refractivity contribution in [1.82, 2.24) is 4.57 Å². The topological polar surface area (TPSA) is 59.3 Å². The van der Waals surface area contributed by atoms with Crippen LogP contribution in [0, 0.1) is 0 Å². The molecule has 0 saturated heterocycles. The predicted octanol–water partition coefficient (Wildman–Crippen LogP) is 4.19. The molecular weight excluding hydrogens is 382 g/mol. The van der Waals surface area contributed by atoms with Crippen LogP contribution in [0.15, 0.2) is 53.5 Å². The van der Waals surface area contributed by atoms with Crippen molar-refractivity contribution in [2.45, 2.75) is 5.33 Å². The Morgan fingerprint density at radius 3 is 2.48 bits per heavy atom. The summed E-state index contributed by atoms with van der Waals surface area (Å²) >= 11 is 9.53. The van der Waals surface area contributed by atoms with Crippen LogP contribution in [-0.2, 0) is 5.33 Å². The van der Waals surface area contributed by atoms with Crippen LogP contribution >= 0.6 is 27.5 Å². The first-order valence-electron chi connectivity index (χ1n) is 6.75. The molecule has 0 saturated carbocycles. The van der Waals surface area contributed by atoms with Crippen molar-refractivity contribution in [2.75, 3.05) is 0 Å². The summed E-state index contributed by atoms with van der Waals surface area (Å²) in [6.07, 6.45) is 1.76. The molecule has 1 aliphatic carbocycles. The molecule has 3 rings (SSSR count). The number of nitrogens with zero attached hydrogens (tertiary/aromatic N) is 1. The van der Waals surface area contributed by atoms with E-state index < -0.39 is 5.97 Å². The Morgan fingerprint density at radius 2 is 1.87 bits per heavy atom. The highest BCUT2D eigenvalue weighted by Gasteiger charge is 2.24. The fourth-order valence-electron chi connectivity index (χ4n) is 2.60. The normalized spacial score (nSPS) is 10.9. The average Bonchev–Trinajstić information content (AvgIpc) is 2.53. The van der Waals surface area contributed by atoms with Crippen LogP contribution in [0.1, 0.15) is 16.1 Å². The molecule has 0 amide bonds. The van der Waals surface area contributed by atoms with E-state index in [1.165, 1.54) is 12.1 Å². The summed E-state index contributed by atoms with van der Waals surface area (Å²) in [7, 11) is 0. The molecule has 0 spiro atoms. The number of alkyl halides is 1. The van der Waals surface area contributed by atoms with Crippen molar-refractivity contribution in [3.8, 4) is 16.8 Å². The second-order valence-corrected chi connectivity index (χ2v) is 5.93. The smallest absolute Gasteiger partial charge is 0.338 e. The summed E-state index contributed by atoms with van der Waals surface area (Å²) in [6.45, 7) is 0. The maximum Gasteiger partial charge on any atom is 0.338 e. The minimum atomic E-state index is -1.10. The van der Waals surface area contributed by atoms with E-state index in [1.807, 2.05) is 30.3 Å². The number of benzene rings is 2. The van der Waals surface area contributed by atoms with Gasteiger partial charge in [-0.2, -0.15) is 0 Å². The van der Waals surface area contributed by atoms with Gasteiger partial charge in [-0.3, -0.25) is 4.79 Å². The Labute approximate surface area is 145 Å². The highest BCUT2D eigenvalue weighted by Crippen LogP contribution is 2.35. The second kappa shape index (κ2) is 6.18. The van der Waals surface area contributed by atoms with Crippen LogP contribution in [0.4, 0.5) is 0 Å². The number of carboxylic acids is 1. The summed E-state index contributed by atoms with van der Waals surface area (Å²) in [6, 6.07) is 12.0. The lowest BCUT2D eigenvalue weighted by molar-refractivity contribution is 0.0696. The predicted molar refractivity (Wildman–Crippen MR) is 93.3 cm³/mol. The van der Waals surface area contributed by atoms with E-state index in [4.69, 9.17) is 11.6 Å². The molecule has 1 N–H and O–H groups in total. The Morgan fingerprint density at radius 1 is 1.17 bits per heavy atom. The van der Waals surface area contributed by atoms with Gasteiger partial charge in [0.15, 0.2) is 5.43 Å². The summed E-state index contributed by atoms with van der Waals surface area (Å²) in [5.41, 5.74) is 1.98. The van der Waals surface area contributed by atoms with E-state index in [9.17, 15) is 14.7 Å². The fraction of sp³-hybridized carbons (Fsp3) is 0.0588. The minimum Gasteiger partial charge on any atom is -0.478 e. The van der Waals surface area contributed by atoms with Crippen molar-refractivity contribution in [2.24, 2.45) is 0 Å². The van der Waals surface area contributed by atoms with Crippen LogP contribution < -0.4 is 5.43 Å².